The highest BCUT2D eigenvalue weighted by molar-refractivity contribution is 9.10. The highest BCUT2D eigenvalue weighted by Gasteiger charge is 2.39. The van der Waals surface area contributed by atoms with Crippen molar-refractivity contribution in [2.24, 2.45) is 0 Å². The summed E-state index contributed by atoms with van der Waals surface area (Å²) in [6.07, 6.45) is 0. The van der Waals surface area contributed by atoms with Crippen LogP contribution < -0.4 is 5.32 Å². The monoisotopic (exact) mass is 464 g/mol. The van der Waals surface area contributed by atoms with Crippen LogP contribution in [-0.2, 0) is 16.1 Å². The van der Waals surface area contributed by atoms with Crippen LogP contribution in [0.3, 0.4) is 0 Å². The quantitative estimate of drug-likeness (QED) is 0.521. The first-order valence-corrected chi connectivity index (χ1v) is 10.2. The smallest absolute Gasteiger partial charge is 0.278 e. The number of carbonyl (C=O) groups excluding carboxylic acids is 2. The Morgan fingerprint density at radius 3 is 2.30 bits per heavy atom. The third-order valence-electron chi connectivity index (χ3n) is 4.86. The topological polar surface area (TPSA) is 49.4 Å². The zero-order valence-electron chi connectivity index (χ0n) is 16.2. The number of amides is 2. The summed E-state index contributed by atoms with van der Waals surface area (Å²) in [5.74, 6) is -1.17. The van der Waals surface area contributed by atoms with Crippen LogP contribution in [0.4, 0.5) is 10.1 Å². The van der Waals surface area contributed by atoms with Crippen LogP contribution in [-0.4, -0.2) is 16.7 Å². The maximum atomic E-state index is 13.3. The van der Waals surface area contributed by atoms with Crippen LogP contribution in [0, 0.1) is 12.7 Å². The molecule has 4 rings (SSSR count). The molecule has 0 bridgehead atoms. The molecule has 3 aromatic carbocycles. The molecule has 0 fully saturated rings. The molecule has 0 radical (unpaired) electrons. The Bertz CT molecular complexity index is 1150. The first kappa shape index (κ1) is 20.0. The number of hydrogen-bond donors (Lipinski definition) is 1. The Balaban J connectivity index is 1.73. The Kier molecular flexibility index (Phi) is 5.50. The van der Waals surface area contributed by atoms with Gasteiger partial charge in [-0.3, -0.25) is 14.5 Å². The van der Waals surface area contributed by atoms with Gasteiger partial charge in [-0.2, -0.15) is 0 Å². The number of carbonyl (C=O) groups is 2. The number of rotatable bonds is 5. The molecular weight excluding hydrogens is 447 g/mol. The average Bonchev–Trinajstić information content (AvgIpc) is 2.95. The van der Waals surface area contributed by atoms with E-state index in [0.29, 0.717) is 22.4 Å². The van der Waals surface area contributed by atoms with Crippen molar-refractivity contribution in [1.29, 1.82) is 0 Å². The van der Waals surface area contributed by atoms with Gasteiger partial charge in [0.25, 0.3) is 11.8 Å². The van der Waals surface area contributed by atoms with Gasteiger partial charge in [0.15, 0.2) is 0 Å². The number of benzene rings is 3. The number of anilines is 1. The minimum atomic E-state index is -0.417. The summed E-state index contributed by atoms with van der Waals surface area (Å²) < 4.78 is 14.1. The van der Waals surface area contributed by atoms with Crippen molar-refractivity contribution in [3.05, 3.63) is 105 Å². The largest absolute Gasteiger partial charge is 0.350 e. The van der Waals surface area contributed by atoms with Crippen molar-refractivity contribution in [2.75, 3.05) is 5.32 Å². The average molecular weight is 465 g/mol. The van der Waals surface area contributed by atoms with E-state index < -0.39 is 5.91 Å². The van der Waals surface area contributed by atoms with Crippen LogP contribution in [0.25, 0.3) is 5.57 Å². The lowest BCUT2D eigenvalue weighted by Gasteiger charge is -2.15. The normalized spacial score (nSPS) is 13.9. The van der Waals surface area contributed by atoms with E-state index in [2.05, 4.69) is 21.2 Å². The number of nitrogens with one attached hydrogen (secondary N) is 1. The molecule has 30 heavy (non-hydrogen) atoms. The van der Waals surface area contributed by atoms with Crippen molar-refractivity contribution >= 4 is 39.0 Å². The van der Waals surface area contributed by atoms with Crippen LogP contribution in [0.2, 0.25) is 0 Å². The Morgan fingerprint density at radius 2 is 1.63 bits per heavy atom. The van der Waals surface area contributed by atoms with Crippen molar-refractivity contribution in [1.82, 2.24) is 4.90 Å². The van der Waals surface area contributed by atoms with Crippen molar-refractivity contribution in [3.63, 3.8) is 0 Å². The number of hydrogen-bond acceptors (Lipinski definition) is 3. The molecule has 0 atom stereocenters. The molecule has 3 aromatic rings. The molecule has 1 N–H and O–H groups in total. The fraction of sp³-hybridized carbons (Fsp3) is 0.0833. The number of aryl methyl sites for hydroxylation is 1. The van der Waals surface area contributed by atoms with Crippen molar-refractivity contribution < 1.29 is 14.0 Å². The van der Waals surface area contributed by atoms with Gasteiger partial charge in [-0.15, -0.1) is 0 Å². The summed E-state index contributed by atoms with van der Waals surface area (Å²) in [5.41, 5.74) is 3.63. The second kappa shape index (κ2) is 8.24. The molecule has 1 heterocycles. The van der Waals surface area contributed by atoms with Gasteiger partial charge < -0.3 is 5.32 Å². The number of nitrogens with zero attached hydrogens (tertiary/aromatic N) is 1. The molecule has 2 amide bonds. The van der Waals surface area contributed by atoms with Gasteiger partial charge in [-0.05, 0) is 48.4 Å². The molecule has 0 aliphatic carbocycles. The SMILES string of the molecule is Cc1ccc(C2=C(Nc3cccc(Br)c3)C(=O)N(Cc3ccc(F)cc3)C2=O)cc1. The number of halogens is 2. The van der Waals surface area contributed by atoms with E-state index in [1.165, 1.54) is 17.0 Å². The third-order valence-corrected chi connectivity index (χ3v) is 5.35. The predicted molar refractivity (Wildman–Crippen MR) is 118 cm³/mol. The van der Waals surface area contributed by atoms with Gasteiger partial charge in [-0.1, -0.05) is 64.0 Å². The second-order valence-electron chi connectivity index (χ2n) is 7.07. The lowest BCUT2D eigenvalue weighted by Crippen LogP contribution is -2.32. The first-order valence-electron chi connectivity index (χ1n) is 9.37. The Morgan fingerprint density at radius 1 is 0.933 bits per heavy atom. The lowest BCUT2D eigenvalue weighted by atomic mass is 10.0. The minimum Gasteiger partial charge on any atom is -0.350 e. The van der Waals surface area contributed by atoms with E-state index in [1.54, 1.807) is 12.1 Å². The Hall–Kier alpha value is -3.25. The molecule has 6 heteroatoms. The summed E-state index contributed by atoms with van der Waals surface area (Å²) in [4.78, 5) is 27.7. The van der Waals surface area contributed by atoms with Crippen LogP contribution in [0.1, 0.15) is 16.7 Å². The van der Waals surface area contributed by atoms with E-state index in [1.807, 2.05) is 55.5 Å². The summed E-state index contributed by atoms with van der Waals surface area (Å²) in [5, 5.41) is 3.13. The fourth-order valence-corrected chi connectivity index (χ4v) is 3.71. The lowest BCUT2D eigenvalue weighted by molar-refractivity contribution is -0.137. The standard InChI is InChI=1S/C24H18BrFN2O2/c1-15-5-9-17(10-6-15)21-22(27-20-4-2-3-18(25)13-20)24(30)28(23(21)29)14-16-7-11-19(26)12-8-16/h2-13,27H,14H2,1H3. The first-order chi connectivity index (χ1) is 14.4. The van der Waals surface area contributed by atoms with Crippen molar-refractivity contribution in [2.45, 2.75) is 13.5 Å². The molecule has 0 saturated heterocycles. The van der Waals surface area contributed by atoms with Gasteiger partial charge in [-0.25, -0.2) is 4.39 Å². The molecule has 0 unspecified atom stereocenters. The van der Waals surface area contributed by atoms with Gasteiger partial charge in [0, 0.05) is 10.2 Å². The van der Waals surface area contributed by atoms with E-state index in [4.69, 9.17) is 0 Å². The molecule has 1 aliphatic rings. The zero-order valence-corrected chi connectivity index (χ0v) is 17.7. The van der Waals surface area contributed by atoms with Crippen LogP contribution in [0.15, 0.2) is 83.0 Å². The van der Waals surface area contributed by atoms with Gasteiger partial charge >= 0.3 is 0 Å². The highest BCUT2D eigenvalue weighted by Crippen LogP contribution is 2.32. The van der Waals surface area contributed by atoms with Gasteiger partial charge in [0.1, 0.15) is 11.5 Å². The van der Waals surface area contributed by atoms with Gasteiger partial charge in [0.2, 0.25) is 0 Å². The molecule has 0 spiro atoms. The second-order valence-corrected chi connectivity index (χ2v) is 7.99. The van der Waals surface area contributed by atoms with Crippen molar-refractivity contribution in [3.8, 4) is 0 Å². The maximum absolute atomic E-state index is 13.3. The van der Waals surface area contributed by atoms with E-state index in [-0.39, 0.29) is 24.0 Å². The van der Waals surface area contributed by atoms with Crippen LogP contribution in [0.5, 0.6) is 0 Å². The zero-order chi connectivity index (χ0) is 21.3. The Labute approximate surface area is 182 Å². The van der Waals surface area contributed by atoms with E-state index in [0.717, 1.165) is 10.0 Å². The molecule has 0 aromatic heterocycles. The molecular formula is C24H18BrFN2O2. The number of imide groups is 1. The molecule has 150 valence electrons. The third kappa shape index (κ3) is 4.04. The molecule has 1 aliphatic heterocycles. The summed E-state index contributed by atoms with van der Waals surface area (Å²) >= 11 is 3.42. The minimum absolute atomic E-state index is 0.0664. The molecule has 0 saturated carbocycles. The summed E-state index contributed by atoms with van der Waals surface area (Å²) in [7, 11) is 0. The van der Waals surface area contributed by atoms with E-state index >= 15 is 0 Å². The maximum Gasteiger partial charge on any atom is 0.278 e. The van der Waals surface area contributed by atoms with Crippen LogP contribution >= 0.6 is 15.9 Å². The van der Waals surface area contributed by atoms with Gasteiger partial charge in [0.05, 0.1) is 12.1 Å². The predicted octanol–water partition coefficient (Wildman–Crippen LogP) is 5.29. The van der Waals surface area contributed by atoms with E-state index in [9.17, 15) is 14.0 Å². The molecule has 4 nitrogen and oxygen atoms in total. The highest BCUT2D eigenvalue weighted by atomic mass is 79.9. The summed E-state index contributed by atoms with van der Waals surface area (Å²) in [6.45, 7) is 2.03. The fourth-order valence-electron chi connectivity index (χ4n) is 3.31. The summed E-state index contributed by atoms with van der Waals surface area (Å²) in [6, 6.07) is 20.6.